The molecule has 6 nitrogen and oxygen atoms in total. The van der Waals surface area contributed by atoms with Gasteiger partial charge in [-0.1, -0.05) is 0 Å². The summed E-state index contributed by atoms with van der Waals surface area (Å²) in [6, 6.07) is 5.10. The Morgan fingerprint density at radius 1 is 1.67 bits per heavy atom. The van der Waals surface area contributed by atoms with Crippen molar-refractivity contribution in [3.8, 4) is 6.07 Å². The van der Waals surface area contributed by atoms with Crippen LogP contribution in [-0.4, -0.2) is 41.8 Å². The molecule has 2 heterocycles. The van der Waals surface area contributed by atoms with Crippen LogP contribution in [0.25, 0.3) is 0 Å². The molecule has 1 aliphatic rings. The number of nitrogens with zero attached hydrogens (tertiary/aromatic N) is 2. The van der Waals surface area contributed by atoms with Crippen molar-refractivity contribution >= 4 is 5.97 Å². The van der Waals surface area contributed by atoms with E-state index in [2.05, 4.69) is 6.07 Å². The summed E-state index contributed by atoms with van der Waals surface area (Å²) in [6.07, 6.45) is -0.435. The number of carbonyl (C=O) groups is 1. The van der Waals surface area contributed by atoms with Gasteiger partial charge in [0.2, 0.25) is 5.76 Å². The molecule has 0 spiro atoms. The van der Waals surface area contributed by atoms with E-state index in [9.17, 15) is 4.79 Å². The van der Waals surface area contributed by atoms with E-state index in [-0.39, 0.29) is 11.8 Å². The van der Waals surface area contributed by atoms with Crippen molar-refractivity contribution < 1.29 is 19.1 Å². The zero-order chi connectivity index (χ0) is 13.1. The van der Waals surface area contributed by atoms with Crippen LogP contribution < -0.4 is 0 Å². The van der Waals surface area contributed by atoms with Gasteiger partial charge in [-0.3, -0.25) is 4.90 Å². The van der Waals surface area contributed by atoms with Crippen molar-refractivity contribution in [1.82, 2.24) is 4.90 Å². The molecule has 0 radical (unpaired) electrons. The molecular formula is C12H14N2O4. The Morgan fingerprint density at radius 2 is 2.44 bits per heavy atom. The summed E-state index contributed by atoms with van der Waals surface area (Å²) in [6.45, 7) is 3.61. The van der Waals surface area contributed by atoms with Gasteiger partial charge in [0.05, 0.1) is 18.7 Å². The minimum atomic E-state index is -1.08. The number of rotatable bonds is 3. The number of furan rings is 1. The molecule has 1 aromatic rings. The zero-order valence-electron chi connectivity index (χ0n) is 10.00. The van der Waals surface area contributed by atoms with E-state index in [0.29, 0.717) is 25.5 Å². The van der Waals surface area contributed by atoms with Crippen LogP contribution in [0.4, 0.5) is 0 Å². The minimum absolute atomic E-state index is 0.0676. The first kappa shape index (κ1) is 12.6. The fourth-order valence-electron chi connectivity index (χ4n) is 1.97. The smallest absolute Gasteiger partial charge is 0.371 e. The van der Waals surface area contributed by atoms with E-state index in [1.165, 1.54) is 6.07 Å². The molecule has 6 heteroatoms. The van der Waals surface area contributed by atoms with Gasteiger partial charge in [-0.05, 0) is 19.1 Å². The molecule has 1 aromatic heterocycles. The Kier molecular flexibility index (Phi) is 3.65. The largest absolute Gasteiger partial charge is 0.475 e. The van der Waals surface area contributed by atoms with E-state index in [4.69, 9.17) is 19.5 Å². The normalized spacial score (nSPS) is 22.3. The van der Waals surface area contributed by atoms with Gasteiger partial charge < -0.3 is 14.3 Å². The molecule has 1 aliphatic heterocycles. The summed E-state index contributed by atoms with van der Waals surface area (Å²) < 4.78 is 10.5. The number of morpholine rings is 1. The average molecular weight is 250 g/mol. The molecule has 0 bridgehead atoms. The molecule has 0 amide bonds. The molecule has 18 heavy (non-hydrogen) atoms. The van der Waals surface area contributed by atoms with Crippen LogP contribution in [0.1, 0.15) is 29.3 Å². The number of ether oxygens (including phenoxy) is 1. The van der Waals surface area contributed by atoms with Crippen molar-refractivity contribution in [2.45, 2.75) is 19.1 Å². The standard InChI is InChI=1S/C12H14N2O4/c1-8(10-2-3-11(18-10)12(15)16)14-4-5-17-9(6-13)7-14/h2-3,8-9H,4-5,7H2,1H3,(H,15,16). The lowest BCUT2D eigenvalue weighted by Crippen LogP contribution is -2.42. The Morgan fingerprint density at radius 3 is 3.06 bits per heavy atom. The maximum absolute atomic E-state index is 10.7. The summed E-state index contributed by atoms with van der Waals surface area (Å²) in [5, 5.41) is 17.6. The predicted octanol–water partition coefficient (Wildman–Crippen LogP) is 1.26. The highest BCUT2D eigenvalue weighted by Gasteiger charge is 2.26. The number of nitriles is 1. The first-order chi connectivity index (χ1) is 8.61. The third kappa shape index (κ3) is 2.53. The van der Waals surface area contributed by atoms with Crippen LogP contribution >= 0.6 is 0 Å². The lowest BCUT2D eigenvalue weighted by Gasteiger charge is -2.33. The lowest BCUT2D eigenvalue weighted by atomic mass is 10.2. The van der Waals surface area contributed by atoms with Gasteiger partial charge >= 0.3 is 5.97 Å². The third-order valence-electron chi connectivity index (χ3n) is 3.04. The minimum Gasteiger partial charge on any atom is -0.475 e. The van der Waals surface area contributed by atoms with Crippen LogP contribution in [0.5, 0.6) is 0 Å². The SMILES string of the molecule is CC(c1ccc(C(=O)O)o1)N1CCOC(C#N)C1. The number of carboxylic acid groups (broad SMARTS) is 1. The lowest BCUT2D eigenvalue weighted by molar-refractivity contribution is -0.0179. The van der Waals surface area contributed by atoms with E-state index < -0.39 is 12.1 Å². The van der Waals surface area contributed by atoms with Gasteiger partial charge in [-0.15, -0.1) is 0 Å². The summed E-state index contributed by atoms with van der Waals surface area (Å²) in [5.41, 5.74) is 0. The van der Waals surface area contributed by atoms with Crippen molar-refractivity contribution in [1.29, 1.82) is 5.26 Å². The molecular weight excluding hydrogens is 236 g/mol. The molecule has 1 saturated heterocycles. The van der Waals surface area contributed by atoms with E-state index >= 15 is 0 Å². The highest BCUT2D eigenvalue weighted by molar-refractivity contribution is 5.84. The first-order valence-electron chi connectivity index (χ1n) is 5.70. The molecule has 1 N–H and O–H groups in total. The van der Waals surface area contributed by atoms with Crippen LogP contribution in [0.3, 0.4) is 0 Å². The van der Waals surface area contributed by atoms with Crippen molar-refractivity contribution in [2.24, 2.45) is 0 Å². The molecule has 2 unspecified atom stereocenters. The maximum Gasteiger partial charge on any atom is 0.371 e. The predicted molar refractivity (Wildman–Crippen MR) is 61.0 cm³/mol. The van der Waals surface area contributed by atoms with Gasteiger partial charge in [0.1, 0.15) is 5.76 Å². The Hall–Kier alpha value is -1.84. The fourth-order valence-corrected chi connectivity index (χ4v) is 1.97. The highest BCUT2D eigenvalue weighted by Crippen LogP contribution is 2.24. The number of hydrogen-bond acceptors (Lipinski definition) is 5. The fraction of sp³-hybridized carbons (Fsp3) is 0.500. The first-order valence-corrected chi connectivity index (χ1v) is 5.70. The second kappa shape index (κ2) is 5.21. The Labute approximate surface area is 104 Å². The second-order valence-electron chi connectivity index (χ2n) is 4.17. The van der Waals surface area contributed by atoms with Crippen molar-refractivity contribution in [3.63, 3.8) is 0 Å². The van der Waals surface area contributed by atoms with Crippen molar-refractivity contribution in [3.05, 3.63) is 23.7 Å². The van der Waals surface area contributed by atoms with E-state index in [1.54, 1.807) is 6.07 Å². The van der Waals surface area contributed by atoms with E-state index in [0.717, 1.165) is 0 Å². The summed E-state index contributed by atoms with van der Waals surface area (Å²) in [5.74, 6) is -0.557. The Balaban J connectivity index is 2.08. The quantitative estimate of drug-likeness (QED) is 0.869. The molecule has 0 aromatic carbocycles. The van der Waals surface area contributed by atoms with Gasteiger partial charge in [-0.2, -0.15) is 5.26 Å². The molecule has 96 valence electrons. The molecule has 1 fully saturated rings. The molecule has 2 rings (SSSR count). The highest BCUT2D eigenvalue weighted by atomic mass is 16.5. The van der Waals surface area contributed by atoms with E-state index in [1.807, 2.05) is 11.8 Å². The molecule has 2 atom stereocenters. The van der Waals surface area contributed by atoms with Crippen molar-refractivity contribution in [2.75, 3.05) is 19.7 Å². The zero-order valence-corrected chi connectivity index (χ0v) is 10.00. The van der Waals surface area contributed by atoms with Crippen LogP contribution in [-0.2, 0) is 4.74 Å². The number of aromatic carboxylic acids is 1. The molecule has 0 saturated carbocycles. The van der Waals surface area contributed by atoms with Crippen LogP contribution in [0, 0.1) is 11.3 Å². The molecule has 0 aliphatic carbocycles. The van der Waals surface area contributed by atoms with Crippen LogP contribution in [0.2, 0.25) is 0 Å². The van der Waals surface area contributed by atoms with Crippen LogP contribution in [0.15, 0.2) is 16.5 Å². The van der Waals surface area contributed by atoms with Gasteiger partial charge in [0.25, 0.3) is 0 Å². The monoisotopic (exact) mass is 250 g/mol. The third-order valence-corrected chi connectivity index (χ3v) is 3.04. The average Bonchev–Trinajstić information content (AvgIpc) is 2.87. The second-order valence-corrected chi connectivity index (χ2v) is 4.17. The van der Waals surface area contributed by atoms with Gasteiger partial charge in [0, 0.05) is 13.1 Å². The Bertz CT molecular complexity index is 477. The summed E-state index contributed by atoms with van der Waals surface area (Å²) in [7, 11) is 0. The summed E-state index contributed by atoms with van der Waals surface area (Å²) >= 11 is 0. The number of hydrogen-bond donors (Lipinski definition) is 1. The maximum atomic E-state index is 10.7. The van der Waals surface area contributed by atoms with Gasteiger partial charge in [-0.25, -0.2) is 4.79 Å². The summed E-state index contributed by atoms with van der Waals surface area (Å²) in [4.78, 5) is 12.8. The topological polar surface area (TPSA) is 86.7 Å². The van der Waals surface area contributed by atoms with Gasteiger partial charge in [0.15, 0.2) is 6.10 Å². The number of carboxylic acids is 1.